The average molecular weight is 271 g/mol. The summed E-state index contributed by atoms with van der Waals surface area (Å²) in [6, 6.07) is 0.0768. The number of amides is 1. The first-order valence-corrected chi connectivity index (χ1v) is 6.70. The quantitative estimate of drug-likeness (QED) is 0.544. The molecule has 0 spiro atoms. The topological polar surface area (TPSA) is 64.6 Å². The van der Waals surface area contributed by atoms with Gasteiger partial charge < -0.3 is 14.8 Å². The second-order valence-electron chi connectivity index (χ2n) is 4.65. The molecule has 0 bridgehead atoms. The van der Waals surface area contributed by atoms with Gasteiger partial charge in [-0.25, -0.2) is 9.59 Å². The number of hydrogen-bond donors (Lipinski definition) is 1. The van der Waals surface area contributed by atoms with Crippen LogP contribution in [0.25, 0.3) is 0 Å². The Kier molecular flexibility index (Phi) is 8.66. The minimum atomic E-state index is -0.473. The van der Waals surface area contributed by atoms with Gasteiger partial charge in [0.1, 0.15) is 12.7 Å². The molecule has 0 aromatic rings. The van der Waals surface area contributed by atoms with Gasteiger partial charge in [0.15, 0.2) is 0 Å². The van der Waals surface area contributed by atoms with Gasteiger partial charge in [-0.2, -0.15) is 0 Å². The van der Waals surface area contributed by atoms with E-state index in [0.29, 0.717) is 12.0 Å². The summed E-state index contributed by atoms with van der Waals surface area (Å²) in [7, 11) is 0. The van der Waals surface area contributed by atoms with Gasteiger partial charge in [0.05, 0.1) is 0 Å². The van der Waals surface area contributed by atoms with Gasteiger partial charge in [-0.05, 0) is 26.7 Å². The van der Waals surface area contributed by atoms with Crippen molar-refractivity contribution in [1.82, 2.24) is 5.32 Å². The van der Waals surface area contributed by atoms with Crippen molar-refractivity contribution in [1.29, 1.82) is 0 Å². The maximum atomic E-state index is 11.6. The number of rotatable bonds is 8. The highest BCUT2D eigenvalue weighted by Gasteiger charge is 2.16. The predicted octanol–water partition coefficient (Wildman–Crippen LogP) is 2.80. The molecule has 0 aliphatic rings. The summed E-state index contributed by atoms with van der Waals surface area (Å²) in [5.41, 5.74) is 0.330. The van der Waals surface area contributed by atoms with E-state index in [1.54, 1.807) is 6.92 Å². The predicted molar refractivity (Wildman–Crippen MR) is 73.8 cm³/mol. The van der Waals surface area contributed by atoms with Crippen LogP contribution in [0.2, 0.25) is 0 Å². The van der Waals surface area contributed by atoms with Crippen LogP contribution in [0.4, 0.5) is 4.79 Å². The number of carbonyl (C=O) groups is 2. The Labute approximate surface area is 115 Å². The van der Waals surface area contributed by atoms with E-state index in [2.05, 4.69) is 18.8 Å². The molecule has 0 aliphatic carbocycles. The van der Waals surface area contributed by atoms with E-state index in [0.717, 1.165) is 12.8 Å². The van der Waals surface area contributed by atoms with E-state index in [-0.39, 0.29) is 12.6 Å². The lowest BCUT2D eigenvalue weighted by Crippen LogP contribution is -2.36. The summed E-state index contributed by atoms with van der Waals surface area (Å²) in [4.78, 5) is 22.8. The van der Waals surface area contributed by atoms with Gasteiger partial charge in [0.25, 0.3) is 0 Å². The van der Waals surface area contributed by atoms with E-state index < -0.39 is 18.2 Å². The zero-order chi connectivity index (χ0) is 14.8. The van der Waals surface area contributed by atoms with Crippen molar-refractivity contribution in [3.8, 4) is 0 Å². The van der Waals surface area contributed by atoms with Crippen LogP contribution in [0.3, 0.4) is 0 Å². The summed E-state index contributed by atoms with van der Waals surface area (Å²) in [5.74, 6) is -0.471. The van der Waals surface area contributed by atoms with Crippen molar-refractivity contribution in [2.24, 2.45) is 0 Å². The Hall–Kier alpha value is -1.52. The number of esters is 1. The lowest BCUT2D eigenvalue weighted by molar-refractivity contribution is -0.142. The molecular weight excluding hydrogens is 246 g/mol. The molecule has 2 atom stereocenters. The highest BCUT2D eigenvalue weighted by Crippen LogP contribution is 2.03. The fourth-order valence-electron chi connectivity index (χ4n) is 1.42. The number of ether oxygens (including phenoxy) is 2. The SMILES string of the molecule is C=C(C)C(=O)OCC(CC)OC(=O)NC(C)CCC. The van der Waals surface area contributed by atoms with Crippen molar-refractivity contribution < 1.29 is 19.1 Å². The second kappa shape index (κ2) is 9.42. The minimum absolute atomic E-state index is 0.0533. The van der Waals surface area contributed by atoms with Gasteiger partial charge in [-0.1, -0.05) is 26.8 Å². The Morgan fingerprint density at radius 2 is 1.95 bits per heavy atom. The van der Waals surface area contributed by atoms with Crippen LogP contribution in [0.15, 0.2) is 12.2 Å². The second-order valence-corrected chi connectivity index (χ2v) is 4.65. The molecule has 0 saturated carbocycles. The third kappa shape index (κ3) is 8.24. The fourth-order valence-corrected chi connectivity index (χ4v) is 1.42. The third-order valence-corrected chi connectivity index (χ3v) is 2.56. The molecule has 19 heavy (non-hydrogen) atoms. The number of carbonyl (C=O) groups excluding carboxylic acids is 2. The van der Waals surface area contributed by atoms with Crippen molar-refractivity contribution in [2.45, 2.75) is 59.1 Å². The molecule has 0 radical (unpaired) electrons. The molecule has 1 amide bonds. The van der Waals surface area contributed by atoms with Gasteiger partial charge in [0, 0.05) is 11.6 Å². The maximum Gasteiger partial charge on any atom is 0.407 e. The Balaban J connectivity index is 4.07. The van der Waals surface area contributed by atoms with E-state index in [4.69, 9.17) is 9.47 Å². The van der Waals surface area contributed by atoms with Gasteiger partial charge in [-0.3, -0.25) is 0 Å². The van der Waals surface area contributed by atoms with Crippen LogP contribution >= 0.6 is 0 Å². The Morgan fingerprint density at radius 1 is 1.32 bits per heavy atom. The van der Waals surface area contributed by atoms with Crippen LogP contribution in [-0.4, -0.2) is 30.8 Å². The first-order valence-electron chi connectivity index (χ1n) is 6.70. The van der Waals surface area contributed by atoms with E-state index in [1.807, 2.05) is 13.8 Å². The molecule has 0 aromatic carbocycles. The first-order chi connectivity index (χ1) is 8.90. The molecule has 5 nitrogen and oxygen atoms in total. The van der Waals surface area contributed by atoms with Crippen molar-refractivity contribution >= 4 is 12.1 Å². The van der Waals surface area contributed by atoms with Gasteiger partial charge in [-0.15, -0.1) is 0 Å². The van der Waals surface area contributed by atoms with E-state index in [9.17, 15) is 9.59 Å². The first kappa shape index (κ1) is 17.5. The van der Waals surface area contributed by atoms with E-state index >= 15 is 0 Å². The van der Waals surface area contributed by atoms with Crippen molar-refractivity contribution in [3.63, 3.8) is 0 Å². The molecule has 0 saturated heterocycles. The number of alkyl carbamates (subject to hydrolysis) is 1. The van der Waals surface area contributed by atoms with Crippen molar-refractivity contribution in [3.05, 3.63) is 12.2 Å². The monoisotopic (exact) mass is 271 g/mol. The van der Waals surface area contributed by atoms with Crippen LogP contribution in [-0.2, 0) is 14.3 Å². The van der Waals surface area contributed by atoms with Crippen LogP contribution in [0, 0.1) is 0 Å². The minimum Gasteiger partial charge on any atom is -0.458 e. The highest BCUT2D eigenvalue weighted by atomic mass is 16.6. The zero-order valence-corrected chi connectivity index (χ0v) is 12.3. The normalized spacial score (nSPS) is 13.3. The lowest BCUT2D eigenvalue weighted by Gasteiger charge is -2.19. The van der Waals surface area contributed by atoms with Crippen LogP contribution in [0.1, 0.15) is 47.0 Å². The largest absolute Gasteiger partial charge is 0.458 e. The van der Waals surface area contributed by atoms with Crippen LogP contribution in [0.5, 0.6) is 0 Å². The summed E-state index contributed by atoms with van der Waals surface area (Å²) in [6.45, 7) is 10.9. The molecular formula is C14H25NO4. The molecule has 0 heterocycles. The molecule has 5 heteroatoms. The summed E-state index contributed by atoms with van der Waals surface area (Å²) in [5, 5.41) is 2.74. The Bertz CT molecular complexity index is 315. The molecule has 0 rings (SSSR count). The summed E-state index contributed by atoms with van der Waals surface area (Å²) < 4.78 is 10.2. The molecule has 0 aliphatic heterocycles. The van der Waals surface area contributed by atoms with E-state index in [1.165, 1.54) is 0 Å². The molecule has 0 fully saturated rings. The average Bonchev–Trinajstić information content (AvgIpc) is 2.33. The molecule has 2 unspecified atom stereocenters. The molecule has 0 aromatic heterocycles. The highest BCUT2D eigenvalue weighted by molar-refractivity contribution is 5.86. The summed E-state index contributed by atoms with van der Waals surface area (Å²) >= 11 is 0. The van der Waals surface area contributed by atoms with Gasteiger partial charge >= 0.3 is 12.1 Å². The van der Waals surface area contributed by atoms with Crippen molar-refractivity contribution in [2.75, 3.05) is 6.61 Å². The standard InChI is InChI=1S/C14H25NO4/c1-6-8-11(5)15-14(17)19-12(7-2)9-18-13(16)10(3)4/h11-12H,3,6-9H2,1-2,4-5H3,(H,15,17). The lowest BCUT2D eigenvalue weighted by atomic mass is 10.2. The number of hydrogen-bond acceptors (Lipinski definition) is 4. The third-order valence-electron chi connectivity index (χ3n) is 2.56. The van der Waals surface area contributed by atoms with Gasteiger partial charge in [0.2, 0.25) is 0 Å². The zero-order valence-electron chi connectivity index (χ0n) is 12.3. The fraction of sp³-hybridized carbons (Fsp3) is 0.714. The smallest absolute Gasteiger partial charge is 0.407 e. The number of nitrogens with one attached hydrogen (secondary N) is 1. The molecule has 110 valence electrons. The maximum absolute atomic E-state index is 11.6. The Morgan fingerprint density at radius 3 is 2.42 bits per heavy atom. The summed E-state index contributed by atoms with van der Waals surface area (Å²) in [6.07, 6.45) is 1.57. The van der Waals surface area contributed by atoms with Crippen LogP contribution < -0.4 is 5.32 Å². The molecule has 1 N–H and O–H groups in total.